The van der Waals surface area contributed by atoms with Crippen LogP contribution < -0.4 is 10.9 Å². The van der Waals surface area contributed by atoms with E-state index < -0.39 is 48.8 Å². The molecule has 1 aliphatic rings. The number of carbonyl (C=O) groups excluding carboxylic acids is 1. The zero-order valence-electron chi connectivity index (χ0n) is 14.8. The molecule has 2 aromatic heterocycles. The maximum atomic E-state index is 14.4. The fourth-order valence-corrected chi connectivity index (χ4v) is 2.74. The number of nitrogens with one attached hydrogen (secondary N) is 2. The van der Waals surface area contributed by atoms with Crippen LogP contribution in [0.15, 0.2) is 11.1 Å². The number of imidazole rings is 1. The summed E-state index contributed by atoms with van der Waals surface area (Å²) < 4.78 is 25.5. The minimum absolute atomic E-state index is 0.0856. The van der Waals surface area contributed by atoms with Crippen LogP contribution in [-0.4, -0.2) is 66.8 Å². The Balaban J connectivity index is 2.04. The first-order valence-corrected chi connectivity index (χ1v) is 8.30. The Bertz CT molecular complexity index is 958. The van der Waals surface area contributed by atoms with Gasteiger partial charge in [-0.05, 0) is 0 Å². The average molecular weight is 399 g/mol. The third-order valence-corrected chi connectivity index (χ3v) is 4.15. The van der Waals surface area contributed by atoms with Crippen molar-refractivity contribution >= 4 is 29.2 Å². The van der Waals surface area contributed by atoms with Crippen LogP contribution in [0.3, 0.4) is 0 Å². The molecule has 3 rings (SSSR count). The number of H-pyrrole nitrogens is 1. The number of hydrogen-bond acceptors (Lipinski definition) is 8. The van der Waals surface area contributed by atoms with Gasteiger partial charge in [0.25, 0.3) is 5.56 Å². The van der Waals surface area contributed by atoms with Gasteiger partial charge in [-0.1, -0.05) is 13.8 Å². The number of carboxylic acid groups (broad SMARTS) is 1. The van der Waals surface area contributed by atoms with E-state index in [9.17, 15) is 23.9 Å². The van der Waals surface area contributed by atoms with Crippen LogP contribution in [0, 0.1) is 5.92 Å². The molecular formula is C15H18FN5O7. The summed E-state index contributed by atoms with van der Waals surface area (Å²) in [7, 11) is 0. The highest BCUT2D eigenvalue weighted by molar-refractivity contribution is 5.91. The van der Waals surface area contributed by atoms with Gasteiger partial charge in [0.2, 0.25) is 11.9 Å². The molecule has 0 spiro atoms. The lowest BCUT2D eigenvalue weighted by Gasteiger charge is -2.19. The number of anilines is 1. The normalized spacial score (nSPS) is 24.6. The molecule has 1 aliphatic heterocycles. The van der Waals surface area contributed by atoms with Crippen LogP contribution in [-0.2, 0) is 14.3 Å². The van der Waals surface area contributed by atoms with Crippen molar-refractivity contribution in [2.45, 2.75) is 38.5 Å². The van der Waals surface area contributed by atoms with Gasteiger partial charge in [0.15, 0.2) is 29.7 Å². The molecule has 4 N–H and O–H groups in total. The van der Waals surface area contributed by atoms with E-state index in [1.54, 1.807) is 13.8 Å². The van der Waals surface area contributed by atoms with Crippen LogP contribution in [0.1, 0.15) is 20.1 Å². The van der Waals surface area contributed by atoms with Crippen molar-refractivity contribution in [1.29, 1.82) is 0 Å². The Hall–Kier alpha value is -3.06. The van der Waals surface area contributed by atoms with E-state index in [4.69, 9.17) is 9.84 Å². The largest absolute Gasteiger partial charge is 0.506 e. The zero-order chi connectivity index (χ0) is 20.6. The van der Waals surface area contributed by atoms with Gasteiger partial charge in [-0.25, -0.2) is 14.2 Å². The molecule has 1 saturated heterocycles. The second-order valence-electron chi connectivity index (χ2n) is 6.42. The van der Waals surface area contributed by atoms with Gasteiger partial charge in [0.1, 0.15) is 6.10 Å². The molecule has 28 heavy (non-hydrogen) atoms. The van der Waals surface area contributed by atoms with E-state index in [1.165, 1.54) is 0 Å². The number of amides is 1. The van der Waals surface area contributed by atoms with Crippen molar-refractivity contribution in [3.05, 3.63) is 16.7 Å². The lowest BCUT2D eigenvalue weighted by Crippen LogP contribution is -2.33. The number of halogens is 1. The van der Waals surface area contributed by atoms with Gasteiger partial charge in [0.05, 0.1) is 12.9 Å². The molecule has 1 fully saturated rings. The number of aliphatic hydroxyl groups excluding tert-OH is 1. The highest BCUT2D eigenvalue weighted by Crippen LogP contribution is 2.35. The third-order valence-electron chi connectivity index (χ3n) is 4.15. The first-order chi connectivity index (χ1) is 13.2. The molecule has 0 saturated carbocycles. The Morgan fingerprint density at radius 2 is 2.21 bits per heavy atom. The Morgan fingerprint density at radius 1 is 1.50 bits per heavy atom. The van der Waals surface area contributed by atoms with Crippen molar-refractivity contribution in [1.82, 2.24) is 19.5 Å². The summed E-state index contributed by atoms with van der Waals surface area (Å²) in [4.78, 5) is 45.3. The van der Waals surface area contributed by atoms with E-state index >= 15 is 0 Å². The summed E-state index contributed by atoms with van der Waals surface area (Å²) >= 11 is 0. The highest BCUT2D eigenvalue weighted by atomic mass is 19.1. The minimum Gasteiger partial charge on any atom is -0.450 e. The molecule has 0 unspecified atom stereocenters. The number of ether oxygens (including phenoxy) is 2. The number of carbonyl (C=O) groups is 2. The molecule has 13 heteroatoms. The van der Waals surface area contributed by atoms with Crippen LogP contribution in [0.4, 0.5) is 15.1 Å². The van der Waals surface area contributed by atoms with Gasteiger partial charge < -0.3 is 19.7 Å². The maximum Gasteiger partial charge on any atom is 0.506 e. The van der Waals surface area contributed by atoms with E-state index in [-0.39, 0.29) is 23.0 Å². The predicted octanol–water partition coefficient (Wildman–Crippen LogP) is 0.00510. The second kappa shape index (κ2) is 7.52. The lowest BCUT2D eigenvalue weighted by molar-refractivity contribution is -0.118. The average Bonchev–Trinajstić information content (AvgIpc) is 3.16. The summed E-state index contributed by atoms with van der Waals surface area (Å²) in [5.41, 5.74) is -0.896. The molecule has 0 aromatic carbocycles. The zero-order valence-corrected chi connectivity index (χ0v) is 14.8. The second-order valence-corrected chi connectivity index (χ2v) is 6.42. The number of aromatic nitrogens is 4. The summed E-state index contributed by atoms with van der Waals surface area (Å²) in [6, 6.07) is 0. The van der Waals surface area contributed by atoms with E-state index in [0.717, 1.165) is 10.9 Å². The molecule has 3 heterocycles. The molecule has 152 valence electrons. The van der Waals surface area contributed by atoms with Gasteiger partial charge in [-0.2, -0.15) is 4.98 Å². The van der Waals surface area contributed by atoms with Crippen LogP contribution in [0.2, 0.25) is 0 Å². The fraction of sp³-hybridized carbons (Fsp3) is 0.533. The smallest absolute Gasteiger partial charge is 0.450 e. The monoisotopic (exact) mass is 399 g/mol. The van der Waals surface area contributed by atoms with Crippen LogP contribution >= 0.6 is 0 Å². The highest BCUT2D eigenvalue weighted by Gasteiger charge is 2.49. The van der Waals surface area contributed by atoms with Crippen molar-refractivity contribution in [2.24, 2.45) is 5.92 Å². The number of aromatic amines is 1. The number of aliphatic hydroxyl groups is 1. The fourth-order valence-electron chi connectivity index (χ4n) is 2.74. The van der Waals surface area contributed by atoms with Gasteiger partial charge >= 0.3 is 6.16 Å². The molecule has 1 amide bonds. The molecule has 12 nitrogen and oxygen atoms in total. The minimum atomic E-state index is -1.95. The number of rotatable bonds is 5. The topological polar surface area (TPSA) is 169 Å². The van der Waals surface area contributed by atoms with Gasteiger partial charge in [0, 0.05) is 5.92 Å². The number of alkyl halides is 1. The molecule has 4 atom stereocenters. The van der Waals surface area contributed by atoms with Crippen molar-refractivity contribution in [3.63, 3.8) is 0 Å². The Labute approximate surface area is 156 Å². The number of fused-ring (bicyclic) bond motifs is 1. The van der Waals surface area contributed by atoms with Crippen molar-refractivity contribution in [3.8, 4) is 0 Å². The van der Waals surface area contributed by atoms with Crippen molar-refractivity contribution in [2.75, 3.05) is 11.9 Å². The summed E-state index contributed by atoms with van der Waals surface area (Å²) in [6.45, 7) is 2.58. The summed E-state index contributed by atoms with van der Waals surface area (Å²) in [5, 5.41) is 20.5. The van der Waals surface area contributed by atoms with E-state index in [2.05, 4.69) is 25.0 Å². The van der Waals surface area contributed by atoms with Crippen molar-refractivity contribution < 1.29 is 33.7 Å². The first-order valence-electron chi connectivity index (χ1n) is 8.30. The van der Waals surface area contributed by atoms with E-state index in [1.807, 2.05) is 0 Å². The molecule has 2 aromatic rings. The maximum absolute atomic E-state index is 14.4. The SMILES string of the molecule is CC(C)C(=O)Nc1nc2c(ncn2[C@@H]2O[C@H](CO)[C@@H](F)[C@H]2OC(=O)O)c(=O)[nH]1. The standard InChI is InChI=1S/C15H18FN5O7/c1-5(2)11(23)19-14-18-10-8(12(24)20-14)17-4-21(10)13-9(28-15(25)26)7(16)6(3-22)27-13/h4-7,9,13,22H,3H2,1-2H3,(H,25,26)(H2,18,19,20,23,24)/t6-,7-,9-,13-/m1/s1. The Kier molecular flexibility index (Phi) is 5.29. The van der Waals surface area contributed by atoms with Gasteiger partial charge in [-0.15, -0.1) is 0 Å². The summed E-state index contributed by atoms with van der Waals surface area (Å²) in [5.74, 6) is -0.945. The quantitative estimate of drug-likeness (QED) is 0.506. The molecule has 0 bridgehead atoms. The molecule has 0 radical (unpaired) electrons. The van der Waals surface area contributed by atoms with Gasteiger partial charge in [-0.3, -0.25) is 24.5 Å². The van der Waals surface area contributed by atoms with Crippen LogP contribution in [0.25, 0.3) is 11.2 Å². The molecular weight excluding hydrogens is 381 g/mol. The Morgan fingerprint density at radius 3 is 2.82 bits per heavy atom. The number of nitrogens with zero attached hydrogens (tertiary/aromatic N) is 3. The van der Waals surface area contributed by atoms with Crippen LogP contribution in [0.5, 0.6) is 0 Å². The van der Waals surface area contributed by atoms with E-state index in [0.29, 0.717) is 0 Å². The third kappa shape index (κ3) is 3.53. The molecule has 0 aliphatic carbocycles. The predicted molar refractivity (Wildman–Crippen MR) is 90.4 cm³/mol. The summed E-state index contributed by atoms with van der Waals surface area (Å²) in [6.07, 6.45) is -6.91. The number of hydrogen-bond donors (Lipinski definition) is 4. The first kappa shape index (κ1) is 19.7. The lowest BCUT2D eigenvalue weighted by atomic mass is 10.1.